The third kappa shape index (κ3) is 3.18. The fourth-order valence-corrected chi connectivity index (χ4v) is 3.62. The van der Waals surface area contributed by atoms with Crippen LogP contribution >= 0.6 is 0 Å². The van der Waals surface area contributed by atoms with Gasteiger partial charge in [0.15, 0.2) is 0 Å². The standard InChI is InChI=1S/C16H25N3O/c1-13-16(18-9-8-17-13)7-6-15-12-20-11-10-19(15)14-4-2-3-5-14/h8-9,14-15H,2-7,10-12H2,1H3/t15-/m1/s1. The molecule has 1 aromatic rings. The summed E-state index contributed by atoms with van der Waals surface area (Å²) in [5, 5.41) is 0. The van der Waals surface area contributed by atoms with Crippen LogP contribution in [0.2, 0.25) is 0 Å². The van der Waals surface area contributed by atoms with Crippen molar-refractivity contribution in [2.24, 2.45) is 0 Å². The normalized spacial score (nSPS) is 25.1. The van der Waals surface area contributed by atoms with Gasteiger partial charge in [-0.1, -0.05) is 12.8 Å². The van der Waals surface area contributed by atoms with Crippen LogP contribution in [0, 0.1) is 6.92 Å². The Morgan fingerprint density at radius 2 is 2.05 bits per heavy atom. The second kappa shape index (κ2) is 6.64. The summed E-state index contributed by atoms with van der Waals surface area (Å²) in [6, 6.07) is 1.36. The molecule has 4 heteroatoms. The number of hydrogen-bond acceptors (Lipinski definition) is 4. The van der Waals surface area contributed by atoms with Gasteiger partial charge in [-0.2, -0.15) is 0 Å². The van der Waals surface area contributed by atoms with Crippen molar-refractivity contribution in [2.45, 2.75) is 57.5 Å². The van der Waals surface area contributed by atoms with Gasteiger partial charge in [0.2, 0.25) is 0 Å². The van der Waals surface area contributed by atoms with E-state index in [1.165, 1.54) is 25.7 Å². The first-order valence-corrected chi connectivity index (χ1v) is 7.94. The molecule has 1 saturated carbocycles. The van der Waals surface area contributed by atoms with E-state index in [1.54, 1.807) is 12.4 Å². The van der Waals surface area contributed by atoms with Crippen LogP contribution in [0.15, 0.2) is 12.4 Å². The molecule has 110 valence electrons. The Kier molecular flexibility index (Phi) is 4.63. The Labute approximate surface area is 121 Å². The lowest BCUT2D eigenvalue weighted by atomic mass is 10.0. The molecule has 3 rings (SSSR count). The molecule has 0 aromatic carbocycles. The Morgan fingerprint density at radius 1 is 1.25 bits per heavy atom. The largest absolute Gasteiger partial charge is 0.378 e. The van der Waals surface area contributed by atoms with Crippen molar-refractivity contribution in [1.82, 2.24) is 14.9 Å². The lowest BCUT2D eigenvalue weighted by Gasteiger charge is -2.39. The van der Waals surface area contributed by atoms with E-state index in [1.807, 2.05) is 0 Å². The van der Waals surface area contributed by atoms with Gasteiger partial charge < -0.3 is 4.74 Å². The minimum absolute atomic E-state index is 0.563. The van der Waals surface area contributed by atoms with E-state index in [2.05, 4.69) is 21.8 Å². The van der Waals surface area contributed by atoms with Crippen molar-refractivity contribution in [1.29, 1.82) is 0 Å². The number of rotatable bonds is 4. The summed E-state index contributed by atoms with van der Waals surface area (Å²) in [5.74, 6) is 0. The van der Waals surface area contributed by atoms with Crippen molar-refractivity contribution in [3.8, 4) is 0 Å². The van der Waals surface area contributed by atoms with Gasteiger partial charge in [-0.3, -0.25) is 14.9 Å². The van der Waals surface area contributed by atoms with Crippen LogP contribution in [0.4, 0.5) is 0 Å². The smallest absolute Gasteiger partial charge is 0.0622 e. The van der Waals surface area contributed by atoms with Crippen molar-refractivity contribution in [3.63, 3.8) is 0 Å². The molecule has 4 nitrogen and oxygen atoms in total. The summed E-state index contributed by atoms with van der Waals surface area (Å²) in [7, 11) is 0. The van der Waals surface area contributed by atoms with Crippen LogP contribution in [-0.4, -0.2) is 46.7 Å². The van der Waals surface area contributed by atoms with E-state index < -0.39 is 0 Å². The Balaban J connectivity index is 1.60. The quantitative estimate of drug-likeness (QED) is 0.845. The molecule has 2 fully saturated rings. The number of aromatic nitrogens is 2. The van der Waals surface area contributed by atoms with Crippen LogP contribution in [0.5, 0.6) is 0 Å². The van der Waals surface area contributed by atoms with Gasteiger partial charge in [-0.25, -0.2) is 0 Å². The monoisotopic (exact) mass is 275 g/mol. The third-order valence-corrected chi connectivity index (χ3v) is 4.76. The number of morpholine rings is 1. The Morgan fingerprint density at radius 3 is 2.85 bits per heavy atom. The van der Waals surface area contributed by atoms with Gasteiger partial charge in [0.1, 0.15) is 0 Å². The third-order valence-electron chi connectivity index (χ3n) is 4.76. The highest BCUT2D eigenvalue weighted by Crippen LogP contribution is 2.27. The second-order valence-corrected chi connectivity index (χ2v) is 6.03. The van der Waals surface area contributed by atoms with Crippen LogP contribution in [-0.2, 0) is 11.2 Å². The van der Waals surface area contributed by atoms with Crippen LogP contribution in [0.1, 0.15) is 43.5 Å². The number of hydrogen-bond donors (Lipinski definition) is 0. The number of ether oxygens (including phenoxy) is 1. The number of aryl methyl sites for hydroxylation is 2. The zero-order valence-corrected chi connectivity index (χ0v) is 12.4. The van der Waals surface area contributed by atoms with E-state index in [4.69, 9.17) is 4.74 Å². The van der Waals surface area contributed by atoms with Crippen molar-refractivity contribution < 1.29 is 4.74 Å². The maximum absolute atomic E-state index is 5.71. The fourth-order valence-electron chi connectivity index (χ4n) is 3.62. The molecule has 1 aromatic heterocycles. The molecule has 1 atom stereocenters. The zero-order valence-electron chi connectivity index (χ0n) is 12.4. The van der Waals surface area contributed by atoms with E-state index in [0.717, 1.165) is 50.0 Å². The van der Waals surface area contributed by atoms with Gasteiger partial charge in [0, 0.05) is 31.0 Å². The summed E-state index contributed by atoms with van der Waals surface area (Å²) in [4.78, 5) is 11.5. The average Bonchev–Trinajstić information content (AvgIpc) is 3.01. The predicted molar refractivity (Wildman–Crippen MR) is 78.7 cm³/mol. The lowest BCUT2D eigenvalue weighted by molar-refractivity contribution is -0.0303. The van der Waals surface area contributed by atoms with Crippen molar-refractivity contribution in [3.05, 3.63) is 23.8 Å². The average molecular weight is 275 g/mol. The van der Waals surface area contributed by atoms with Crippen molar-refractivity contribution >= 4 is 0 Å². The molecule has 1 aliphatic heterocycles. The summed E-state index contributed by atoms with van der Waals surface area (Å²) in [6.45, 7) is 4.94. The molecular weight excluding hydrogens is 250 g/mol. The molecular formula is C16H25N3O. The molecule has 2 heterocycles. The van der Waals surface area contributed by atoms with E-state index in [0.29, 0.717) is 6.04 Å². The molecule has 0 radical (unpaired) electrons. The van der Waals surface area contributed by atoms with Crippen LogP contribution in [0.3, 0.4) is 0 Å². The SMILES string of the molecule is Cc1nccnc1CC[C@@H]1COCCN1C1CCCC1. The summed E-state index contributed by atoms with van der Waals surface area (Å²) in [5.41, 5.74) is 2.21. The molecule has 2 aliphatic rings. The first kappa shape index (κ1) is 14.0. The second-order valence-electron chi connectivity index (χ2n) is 6.03. The first-order chi connectivity index (χ1) is 9.84. The summed E-state index contributed by atoms with van der Waals surface area (Å²) >= 11 is 0. The number of nitrogens with zero attached hydrogens (tertiary/aromatic N) is 3. The highest BCUT2D eigenvalue weighted by atomic mass is 16.5. The predicted octanol–water partition coefficient (Wildman–Crippen LogP) is 2.36. The maximum atomic E-state index is 5.71. The van der Waals surface area contributed by atoms with E-state index in [9.17, 15) is 0 Å². The molecule has 20 heavy (non-hydrogen) atoms. The zero-order chi connectivity index (χ0) is 13.8. The van der Waals surface area contributed by atoms with Crippen LogP contribution < -0.4 is 0 Å². The minimum Gasteiger partial charge on any atom is -0.378 e. The fraction of sp³-hybridized carbons (Fsp3) is 0.750. The van der Waals surface area contributed by atoms with Gasteiger partial charge in [0.05, 0.1) is 24.6 Å². The van der Waals surface area contributed by atoms with Gasteiger partial charge in [0.25, 0.3) is 0 Å². The first-order valence-electron chi connectivity index (χ1n) is 7.94. The minimum atomic E-state index is 0.563. The maximum Gasteiger partial charge on any atom is 0.0622 e. The summed E-state index contributed by atoms with van der Waals surface area (Å²) < 4.78 is 5.71. The molecule has 0 bridgehead atoms. The van der Waals surface area contributed by atoms with E-state index >= 15 is 0 Å². The van der Waals surface area contributed by atoms with Gasteiger partial charge in [-0.15, -0.1) is 0 Å². The Bertz CT molecular complexity index is 431. The molecule has 0 spiro atoms. The Hall–Kier alpha value is -1.00. The molecule has 0 unspecified atom stereocenters. The lowest BCUT2D eigenvalue weighted by Crippen LogP contribution is -2.50. The molecule has 1 saturated heterocycles. The highest BCUT2D eigenvalue weighted by Gasteiger charge is 2.30. The highest BCUT2D eigenvalue weighted by molar-refractivity contribution is 5.08. The molecule has 0 N–H and O–H groups in total. The topological polar surface area (TPSA) is 38.3 Å². The summed E-state index contributed by atoms with van der Waals surface area (Å²) in [6.07, 6.45) is 11.3. The van der Waals surface area contributed by atoms with Gasteiger partial charge >= 0.3 is 0 Å². The van der Waals surface area contributed by atoms with Crippen molar-refractivity contribution in [2.75, 3.05) is 19.8 Å². The molecule has 1 aliphatic carbocycles. The van der Waals surface area contributed by atoms with E-state index in [-0.39, 0.29) is 0 Å². The van der Waals surface area contributed by atoms with Crippen LogP contribution in [0.25, 0.3) is 0 Å². The van der Waals surface area contributed by atoms with Gasteiger partial charge in [-0.05, 0) is 32.6 Å². The molecule has 0 amide bonds.